The van der Waals surface area contributed by atoms with Gasteiger partial charge in [0.25, 0.3) is 0 Å². The topological polar surface area (TPSA) is 40.5 Å². The zero-order chi connectivity index (χ0) is 19.3. The highest BCUT2D eigenvalue weighted by atomic mass is 16.3. The summed E-state index contributed by atoms with van der Waals surface area (Å²) in [4.78, 5) is 15.0. The molecule has 0 spiro atoms. The second-order valence-electron chi connectivity index (χ2n) is 10.3. The van der Waals surface area contributed by atoms with Crippen LogP contribution in [0.25, 0.3) is 0 Å². The summed E-state index contributed by atoms with van der Waals surface area (Å²) in [6.07, 6.45) is 6.10. The van der Waals surface area contributed by atoms with Crippen LogP contribution in [0.4, 0.5) is 0 Å². The fourth-order valence-corrected chi connectivity index (χ4v) is 4.68. The van der Waals surface area contributed by atoms with Crippen molar-refractivity contribution >= 4 is 5.91 Å². The van der Waals surface area contributed by atoms with Crippen LogP contribution in [0.3, 0.4) is 0 Å². The molecule has 0 atom stereocenters. The molecule has 1 amide bonds. The van der Waals surface area contributed by atoms with Gasteiger partial charge in [-0.05, 0) is 59.6 Å². The average Bonchev–Trinajstić information content (AvgIpc) is 3.11. The van der Waals surface area contributed by atoms with Crippen molar-refractivity contribution in [2.75, 3.05) is 0 Å². The van der Waals surface area contributed by atoms with Crippen LogP contribution in [0, 0.1) is 0 Å². The Morgan fingerprint density at radius 3 is 1.77 bits per heavy atom. The molecule has 2 fully saturated rings. The lowest BCUT2D eigenvalue weighted by Gasteiger charge is -2.28. The van der Waals surface area contributed by atoms with Crippen LogP contribution in [-0.4, -0.2) is 28.0 Å². The number of benzene rings is 1. The van der Waals surface area contributed by atoms with Crippen LogP contribution in [0.1, 0.15) is 90.3 Å². The van der Waals surface area contributed by atoms with Gasteiger partial charge in [-0.15, -0.1) is 0 Å². The van der Waals surface area contributed by atoms with Crippen molar-refractivity contribution in [2.45, 2.75) is 103 Å². The average molecular weight is 358 g/mol. The van der Waals surface area contributed by atoms with Crippen molar-refractivity contribution in [1.82, 2.24) is 4.90 Å². The van der Waals surface area contributed by atoms with Crippen molar-refractivity contribution in [1.29, 1.82) is 0 Å². The van der Waals surface area contributed by atoms with Crippen LogP contribution in [0.2, 0.25) is 0 Å². The summed E-state index contributed by atoms with van der Waals surface area (Å²) in [6.45, 7) is 12.8. The SMILES string of the molecule is CC(C)(C)c1cc(CCC(=O)N2C3CCC2CC3)cc(C(C)(C)C)c1O. The predicted molar refractivity (Wildman–Crippen MR) is 107 cm³/mol. The molecule has 0 aromatic heterocycles. The molecule has 1 N–H and O–H groups in total. The molecule has 2 bridgehead atoms. The lowest BCUT2D eigenvalue weighted by molar-refractivity contribution is -0.132. The first-order valence-corrected chi connectivity index (χ1v) is 10.2. The summed E-state index contributed by atoms with van der Waals surface area (Å²) < 4.78 is 0. The molecule has 2 aliphatic rings. The van der Waals surface area contributed by atoms with Crippen LogP contribution in [0.15, 0.2) is 12.1 Å². The first kappa shape index (κ1) is 19.3. The van der Waals surface area contributed by atoms with Gasteiger partial charge in [-0.3, -0.25) is 4.79 Å². The number of rotatable bonds is 3. The number of hydrogen-bond donors (Lipinski definition) is 1. The highest BCUT2D eigenvalue weighted by Crippen LogP contribution is 2.41. The van der Waals surface area contributed by atoms with Gasteiger partial charge < -0.3 is 10.0 Å². The number of carbonyl (C=O) groups excluding carboxylic acids is 1. The predicted octanol–water partition coefficient (Wildman–Crippen LogP) is 5.07. The summed E-state index contributed by atoms with van der Waals surface area (Å²) in [5, 5.41) is 10.8. The van der Waals surface area contributed by atoms with Crippen molar-refractivity contribution in [3.05, 3.63) is 28.8 Å². The van der Waals surface area contributed by atoms with Gasteiger partial charge in [-0.2, -0.15) is 0 Å². The number of aryl methyl sites for hydroxylation is 1. The molecule has 2 aliphatic heterocycles. The summed E-state index contributed by atoms with van der Waals surface area (Å²) in [6, 6.07) is 5.22. The van der Waals surface area contributed by atoms with E-state index < -0.39 is 0 Å². The highest BCUT2D eigenvalue weighted by molar-refractivity contribution is 5.78. The number of carbonyl (C=O) groups is 1. The fourth-order valence-electron chi connectivity index (χ4n) is 4.68. The third kappa shape index (κ3) is 3.63. The van der Waals surface area contributed by atoms with Crippen molar-refractivity contribution < 1.29 is 9.90 Å². The van der Waals surface area contributed by atoms with Crippen LogP contribution in [0.5, 0.6) is 5.75 Å². The third-order valence-electron chi connectivity index (χ3n) is 6.15. The fraction of sp³-hybridized carbons (Fsp3) is 0.696. The maximum Gasteiger partial charge on any atom is 0.223 e. The quantitative estimate of drug-likeness (QED) is 0.820. The molecule has 144 valence electrons. The Hall–Kier alpha value is -1.51. The Morgan fingerprint density at radius 2 is 1.38 bits per heavy atom. The van der Waals surface area contributed by atoms with E-state index in [2.05, 4.69) is 58.6 Å². The van der Waals surface area contributed by atoms with E-state index in [1.165, 1.54) is 25.7 Å². The minimum atomic E-state index is -0.127. The van der Waals surface area contributed by atoms with Crippen LogP contribution in [-0.2, 0) is 22.0 Å². The number of fused-ring (bicyclic) bond motifs is 2. The Bertz CT molecular complexity index is 638. The first-order chi connectivity index (χ1) is 12.0. The molecular weight excluding hydrogens is 322 g/mol. The minimum absolute atomic E-state index is 0.127. The molecule has 0 saturated carbocycles. The second kappa shape index (κ2) is 6.58. The largest absolute Gasteiger partial charge is 0.507 e. The highest BCUT2D eigenvalue weighted by Gasteiger charge is 2.41. The van der Waals surface area contributed by atoms with Crippen molar-refractivity contribution in [3.63, 3.8) is 0 Å². The number of aromatic hydroxyl groups is 1. The van der Waals surface area contributed by atoms with Crippen LogP contribution < -0.4 is 0 Å². The third-order valence-corrected chi connectivity index (χ3v) is 6.15. The number of hydrogen-bond acceptors (Lipinski definition) is 2. The Morgan fingerprint density at radius 1 is 0.962 bits per heavy atom. The number of nitrogens with zero attached hydrogens (tertiary/aromatic N) is 1. The lowest BCUT2D eigenvalue weighted by atomic mass is 9.78. The van der Waals surface area contributed by atoms with Gasteiger partial charge in [-0.25, -0.2) is 0 Å². The molecule has 0 aliphatic carbocycles. The minimum Gasteiger partial charge on any atom is -0.507 e. The van der Waals surface area contributed by atoms with Gasteiger partial charge in [0.2, 0.25) is 5.91 Å². The van der Waals surface area contributed by atoms with E-state index in [0.717, 1.165) is 23.1 Å². The van der Waals surface area contributed by atoms with Crippen molar-refractivity contribution in [3.8, 4) is 5.75 Å². The van der Waals surface area contributed by atoms with E-state index in [4.69, 9.17) is 0 Å². The molecule has 3 rings (SSSR count). The zero-order valence-corrected chi connectivity index (χ0v) is 17.4. The molecule has 0 radical (unpaired) electrons. The molecule has 2 heterocycles. The lowest BCUT2D eigenvalue weighted by Crippen LogP contribution is -2.35. The molecule has 1 aromatic carbocycles. The Labute approximate surface area is 158 Å². The van der Waals surface area contributed by atoms with Crippen molar-refractivity contribution in [2.24, 2.45) is 0 Å². The summed E-state index contributed by atoms with van der Waals surface area (Å²) in [5.74, 6) is 0.732. The molecular formula is C23H35NO2. The number of amides is 1. The van der Waals surface area contributed by atoms with E-state index in [-0.39, 0.29) is 10.8 Å². The van der Waals surface area contributed by atoms with E-state index in [9.17, 15) is 9.90 Å². The maximum atomic E-state index is 12.8. The molecule has 2 saturated heterocycles. The zero-order valence-electron chi connectivity index (χ0n) is 17.4. The number of phenolic OH excluding ortho intramolecular Hbond substituents is 1. The van der Waals surface area contributed by atoms with E-state index >= 15 is 0 Å². The van der Waals surface area contributed by atoms with Gasteiger partial charge in [0.1, 0.15) is 5.75 Å². The van der Waals surface area contributed by atoms with Gasteiger partial charge >= 0.3 is 0 Å². The van der Waals surface area contributed by atoms with Gasteiger partial charge in [-0.1, -0.05) is 53.7 Å². The summed E-state index contributed by atoms with van der Waals surface area (Å²) in [7, 11) is 0. The van der Waals surface area contributed by atoms with Gasteiger partial charge in [0.05, 0.1) is 0 Å². The summed E-state index contributed by atoms with van der Waals surface area (Å²) in [5.41, 5.74) is 2.87. The normalized spacial score (nSPS) is 22.9. The molecule has 3 nitrogen and oxygen atoms in total. The molecule has 26 heavy (non-hydrogen) atoms. The summed E-state index contributed by atoms with van der Waals surface area (Å²) >= 11 is 0. The van der Waals surface area contributed by atoms with E-state index in [1.54, 1.807) is 0 Å². The second-order valence-corrected chi connectivity index (χ2v) is 10.3. The van der Waals surface area contributed by atoms with E-state index in [0.29, 0.717) is 30.2 Å². The Balaban J connectivity index is 1.82. The monoisotopic (exact) mass is 357 g/mol. The van der Waals surface area contributed by atoms with Crippen LogP contribution >= 0.6 is 0 Å². The first-order valence-electron chi connectivity index (χ1n) is 10.2. The molecule has 1 aromatic rings. The maximum absolute atomic E-state index is 12.8. The smallest absolute Gasteiger partial charge is 0.223 e. The molecule has 3 heteroatoms. The molecule has 0 unspecified atom stereocenters. The standard InChI is InChI=1S/C23H35NO2/c1-22(2,3)18-13-15(14-19(21(18)26)23(4,5)6)7-12-20(25)24-16-8-9-17(24)11-10-16/h13-14,16-17,26H,7-12H2,1-6H3. The number of phenols is 1. The Kier molecular flexibility index (Phi) is 4.87. The van der Waals surface area contributed by atoms with E-state index in [1.807, 2.05) is 0 Å². The van der Waals surface area contributed by atoms with Gasteiger partial charge in [0.15, 0.2) is 0 Å². The van der Waals surface area contributed by atoms with Gasteiger partial charge in [0, 0.05) is 18.5 Å².